The molecular formula is C25H26O2. The smallest absolute Gasteiger partial charge is 0.169 e. The van der Waals surface area contributed by atoms with E-state index in [1.54, 1.807) is 0 Å². The number of Topliss-reactive ketones (excluding diaryl/α,β-unsaturated/α-hetero) is 1. The monoisotopic (exact) mass is 358 g/mol. The molecule has 27 heavy (non-hydrogen) atoms. The average Bonchev–Trinajstić information content (AvgIpc) is 2.66. The summed E-state index contributed by atoms with van der Waals surface area (Å²) in [6.45, 7) is 5.79. The highest BCUT2D eigenvalue weighted by molar-refractivity contribution is 6.01. The van der Waals surface area contributed by atoms with Crippen molar-refractivity contribution in [3.05, 3.63) is 106 Å². The molecule has 0 aliphatic heterocycles. The highest BCUT2D eigenvalue weighted by Crippen LogP contribution is 2.35. The summed E-state index contributed by atoms with van der Waals surface area (Å²) in [4.78, 5) is 13.6. The lowest BCUT2D eigenvalue weighted by Gasteiger charge is -2.27. The van der Waals surface area contributed by atoms with Gasteiger partial charge in [-0.15, -0.1) is 0 Å². The maximum atomic E-state index is 13.6. The van der Waals surface area contributed by atoms with Crippen LogP contribution in [0.25, 0.3) is 0 Å². The van der Waals surface area contributed by atoms with Gasteiger partial charge in [-0.2, -0.15) is 0 Å². The van der Waals surface area contributed by atoms with Crippen molar-refractivity contribution in [2.75, 3.05) is 6.61 Å². The third-order valence-corrected chi connectivity index (χ3v) is 5.18. The van der Waals surface area contributed by atoms with Crippen LogP contribution >= 0.6 is 0 Å². The molecule has 3 rings (SSSR count). The molecule has 3 aromatic carbocycles. The molecule has 2 nitrogen and oxygen atoms in total. The molecule has 0 amide bonds. The van der Waals surface area contributed by atoms with Crippen molar-refractivity contribution in [3.8, 4) is 0 Å². The Morgan fingerprint density at radius 2 is 1.26 bits per heavy atom. The summed E-state index contributed by atoms with van der Waals surface area (Å²) >= 11 is 0. The minimum atomic E-state index is -0.532. The largest absolute Gasteiger partial charge is 0.396 e. The van der Waals surface area contributed by atoms with Crippen LogP contribution in [0.15, 0.2) is 72.8 Å². The van der Waals surface area contributed by atoms with Crippen LogP contribution in [0.1, 0.15) is 44.1 Å². The van der Waals surface area contributed by atoms with Gasteiger partial charge in [0.15, 0.2) is 5.78 Å². The number of benzene rings is 3. The first-order valence-electron chi connectivity index (χ1n) is 9.35. The molecule has 0 aromatic heterocycles. The second-order valence-corrected chi connectivity index (χ2v) is 7.23. The van der Waals surface area contributed by atoms with E-state index in [-0.39, 0.29) is 18.3 Å². The van der Waals surface area contributed by atoms with Gasteiger partial charge < -0.3 is 5.11 Å². The second-order valence-electron chi connectivity index (χ2n) is 7.23. The van der Waals surface area contributed by atoms with E-state index in [0.717, 1.165) is 33.4 Å². The number of aliphatic hydroxyl groups excluding tert-OH is 1. The standard InChI is InChI=1S/C25H26O2/c1-17-14-18(2)23(19(3)15-17)25(27)22(16-26)24(20-10-6-4-7-11-20)21-12-8-5-9-13-21/h4-15,22,24,26H,16H2,1-3H3. The average molecular weight is 358 g/mol. The molecule has 138 valence electrons. The summed E-state index contributed by atoms with van der Waals surface area (Å²) in [6, 6.07) is 24.0. The van der Waals surface area contributed by atoms with Gasteiger partial charge in [0.05, 0.1) is 12.5 Å². The van der Waals surface area contributed by atoms with Crippen molar-refractivity contribution in [3.63, 3.8) is 0 Å². The molecule has 1 unspecified atom stereocenters. The van der Waals surface area contributed by atoms with Gasteiger partial charge >= 0.3 is 0 Å². The van der Waals surface area contributed by atoms with E-state index in [9.17, 15) is 9.90 Å². The molecule has 0 aliphatic rings. The molecule has 0 bridgehead atoms. The first-order valence-corrected chi connectivity index (χ1v) is 9.35. The molecular weight excluding hydrogens is 332 g/mol. The molecule has 0 heterocycles. The molecule has 0 fully saturated rings. The van der Waals surface area contributed by atoms with Crippen molar-refractivity contribution < 1.29 is 9.90 Å². The number of aryl methyl sites for hydroxylation is 3. The van der Waals surface area contributed by atoms with E-state index in [2.05, 4.69) is 0 Å². The molecule has 0 aliphatic carbocycles. The van der Waals surface area contributed by atoms with E-state index >= 15 is 0 Å². The highest BCUT2D eigenvalue weighted by Gasteiger charge is 2.32. The summed E-state index contributed by atoms with van der Waals surface area (Å²) in [7, 11) is 0. The van der Waals surface area contributed by atoms with Gasteiger partial charge in [0.2, 0.25) is 0 Å². The minimum absolute atomic E-state index is 0.00482. The zero-order valence-electron chi connectivity index (χ0n) is 16.1. The van der Waals surface area contributed by atoms with E-state index in [0.29, 0.717) is 0 Å². The van der Waals surface area contributed by atoms with Gasteiger partial charge in [0, 0.05) is 11.5 Å². The number of aliphatic hydroxyl groups is 1. The summed E-state index contributed by atoms with van der Waals surface area (Å²) in [6.07, 6.45) is 0. The van der Waals surface area contributed by atoms with E-state index in [4.69, 9.17) is 0 Å². The predicted octanol–water partition coefficient (Wildman–Crippen LogP) is 5.24. The van der Waals surface area contributed by atoms with Crippen LogP contribution in [0.3, 0.4) is 0 Å². The van der Waals surface area contributed by atoms with Gasteiger partial charge in [0.25, 0.3) is 0 Å². The summed E-state index contributed by atoms with van der Waals surface area (Å²) < 4.78 is 0. The Labute approximate surface area is 161 Å². The van der Waals surface area contributed by atoms with Gasteiger partial charge in [-0.3, -0.25) is 4.79 Å². The van der Waals surface area contributed by atoms with Gasteiger partial charge in [-0.1, -0.05) is 78.4 Å². The quantitative estimate of drug-likeness (QED) is 0.612. The molecule has 0 radical (unpaired) electrons. The van der Waals surface area contributed by atoms with Crippen LogP contribution in [-0.2, 0) is 0 Å². The molecule has 1 atom stereocenters. The Hall–Kier alpha value is -2.71. The molecule has 0 saturated carbocycles. The minimum Gasteiger partial charge on any atom is -0.396 e. The number of carbonyl (C=O) groups excluding carboxylic acids is 1. The lowest BCUT2D eigenvalue weighted by atomic mass is 9.76. The van der Waals surface area contributed by atoms with Gasteiger partial charge in [-0.05, 0) is 43.0 Å². The lowest BCUT2D eigenvalue weighted by Crippen LogP contribution is -2.28. The van der Waals surface area contributed by atoms with Crippen LogP contribution in [0.4, 0.5) is 0 Å². The zero-order chi connectivity index (χ0) is 19.4. The molecule has 0 saturated heterocycles. The fourth-order valence-corrected chi connectivity index (χ4v) is 4.07. The third-order valence-electron chi connectivity index (χ3n) is 5.18. The number of hydrogen-bond donors (Lipinski definition) is 1. The molecule has 3 aromatic rings. The van der Waals surface area contributed by atoms with Crippen LogP contribution in [0.2, 0.25) is 0 Å². The summed E-state index contributed by atoms with van der Waals surface area (Å²) in [5.74, 6) is -0.717. The van der Waals surface area contributed by atoms with Gasteiger partial charge in [0.1, 0.15) is 0 Å². The van der Waals surface area contributed by atoms with Gasteiger partial charge in [-0.25, -0.2) is 0 Å². The van der Waals surface area contributed by atoms with Crippen molar-refractivity contribution in [2.45, 2.75) is 26.7 Å². The summed E-state index contributed by atoms with van der Waals surface area (Å²) in [5.41, 5.74) is 5.89. The van der Waals surface area contributed by atoms with E-state index < -0.39 is 5.92 Å². The normalized spacial score (nSPS) is 12.2. The fraction of sp³-hybridized carbons (Fsp3) is 0.240. The first kappa shape index (κ1) is 19.1. The van der Waals surface area contributed by atoms with Crippen LogP contribution in [0.5, 0.6) is 0 Å². The van der Waals surface area contributed by atoms with Crippen molar-refractivity contribution in [1.29, 1.82) is 0 Å². The Kier molecular flexibility index (Phi) is 5.88. The lowest BCUT2D eigenvalue weighted by molar-refractivity contribution is 0.0841. The fourth-order valence-electron chi connectivity index (χ4n) is 4.07. The number of hydrogen-bond acceptors (Lipinski definition) is 2. The van der Waals surface area contributed by atoms with Crippen LogP contribution in [-0.4, -0.2) is 17.5 Å². The number of rotatable bonds is 6. The SMILES string of the molecule is Cc1cc(C)c(C(=O)C(CO)C(c2ccccc2)c2ccccc2)c(C)c1. The number of carbonyl (C=O) groups is 1. The van der Waals surface area contributed by atoms with Crippen LogP contribution in [0, 0.1) is 26.7 Å². The highest BCUT2D eigenvalue weighted by atomic mass is 16.3. The molecule has 1 N–H and O–H groups in total. The predicted molar refractivity (Wildman–Crippen MR) is 110 cm³/mol. The second kappa shape index (κ2) is 8.32. The van der Waals surface area contributed by atoms with E-state index in [1.807, 2.05) is 93.6 Å². The first-order chi connectivity index (χ1) is 13.0. The topological polar surface area (TPSA) is 37.3 Å². The van der Waals surface area contributed by atoms with Crippen molar-refractivity contribution in [1.82, 2.24) is 0 Å². The maximum absolute atomic E-state index is 13.6. The third kappa shape index (κ3) is 4.01. The zero-order valence-corrected chi connectivity index (χ0v) is 16.1. The Morgan fingerprint density at radius 1 is 0.815 bits per heavy atom. The Morgan fingerprint density at radius 3 is 1.67 bits per heavy atom. The molecule has 0 spiro atoms. The summed E-state index contributed by atoms with van der Waals surface area (Å²) in [5, 5.41) is 10.3. The Bertz CT molecular complexity index is 851. The number of ketones is 1. The molecule has 2 heteroatoms. The van der Waals surface area contributed by atoms with Crippen LogP contribution < -0.4 is 0 Å². The maximum Gasteiger partial charge on any atom is 0.169 e. The van der Waals surface area contributed by atoms with Crippen molar-refractivity contribution >= 4 is 5.78 Å². The van der Waals surface area contributed by atoms with Crippen molar-refractivity contribution in [2.24, 2.45) is 5.92 Å². The van der Waals surface area contributed by atoms with E-state index in [1.165, 1.54) is 0 Å². The Balaban J connectivity index is 2.11.